The average Bonchev–Trinajstić information content (AvgIpc) is 2.39. The van der Waals surface area contributed by atoms with Crippen LogP contribution in [0, 0.1) is 15.2 Å². The zero-order valence-electron chi connectivity index (χ0n) is 10.3. The van der Waals surface area contributed by atoms with Crippen LogP contribution in [0.1, 0.15) is 0 Å². The Labute approximate surface area is 136 Å². The van der Waals surface area contributed by atoms with Crippen molar-refractivity contribution in [3.05, 3.63) is 67.2 Å². The quantitative estimate of drug-likeness (QED) is 0.443. The Hall–Kier alpha value is -1.54. The minimum Gasteiger partial charge on any atom is -0.268 e. The van der Waals surface area contributed by atoms with Crippen molar-refractivity contribution in [1.29, 1.82) is 0 Å². The van der Waals surface area contributed by atoms with Crippen LogP contribution in [0.5, 0.6) is 0 Å². The minimum absolute atomic E-state index is 0.00392. The van der Waals surface area contributed by atoms with Crippen molar-refractivity contribution >= 4 is 45.1 Å². The van der Waals surface area contributed by atoms with Gasteiger partial charge in [-0.2, -0.15) is 0 Å². The van der Waals surface area contributed by atoms with Crippen LogP contribution in [0.3, 0.4) is 0 Å². The molecule has 0 unspecified atom stereocenters. The number of nitrogens with zero attached hydrogens (tertiary/aromatic N) is 2. The standard InChI is InChI=1S/C14H6ClF2IN2O/c15-14-19-12-2-1-9(18)6-11(12)13(21)20(14)10-4-7(16)3-8(17)5-10/h1-6H. The van der Waals surface area contributed by atoms with Crippen molar-refractivity contribution in [3.63, 3.8) is 0 Å². The zero-order valence-corrected chi connectivity index (χ0v) is 13.2. The maximum atomic E-state index is 13.3. The van der Waals surface area contributed by atoms with E-state index in [1.807, 2.05) is 0 Å². The predicted octanol–water partition coefficient (Wildman–Crippen LogP) is 3.92. The third-order valence-corrected chi connectivity index (χ3v) is 3.82. The number of halogens is 4. The van der Waals surface area contributed by atoms with Crippen molar-refractivity contribution in [1.82, 2.24) is 9.55 Å². The topological polar surface area (TPSA) is 34.9 Å². The molecule has 0 aliphatic carbocycles. The molecule has 3 aromatic rings. The van der Waals surface area contributed by atoms with Crippen molar-refractivity contribution in [2.45, 2.75) is 0 Å². The van der Waals surface area contributed by atoms with Gasteiger partial charge >= 0.3 is 0 Å². The molecule has 0 amide bonds. The van der Waals surface area contributed by atoms with Crippen LogP contribution in [0.2, 0.25) is 5.28 Å². The first-order chi connectivity index (χ1) is 9.95. The van der Waals surface area contributed by atoms with E-state index >= 15 is 0 Å². The molecule has 1 heterocycles. The highest BCUT2D eigenvalue weighted by Gasteiger charge is 2.13. The van der Waals surface area contributed by atoms with Gasteiger partial charge in [-0.25, -0.2) is 13.8 Å². The Morgan fingerprint density at radius 3 is 2.43 bits per heavy atom. The molecule has 0 N–H and O–H groups in total. The molecule has 1 aromatic heterocycles. The molecule has 0 atom stereocenters. The number of fused-ring (bicyclic) bond motifs is 1. The molecule has 0 aliphatic heterocycles. The smallest absolute Gasteiger partial charge is 0.266 e. The van der Waals surface area contributed by atoms with E-state index in [1.54, 1.807) is 18.2 Å². The van der Waals surface area contributed by atoms with Crippen molar-refractivity contribution < 1.29 is 8.78 Å². The Morgan fingerprint density at radius 1 is 1.10 bits per heavy atom. The third-order valence-electron chi connectivity index (χ3n) is 2.89. The Balaban J connectivity index is 2.39. The van der Waals surface area contributed by atoms with E-state index in [1.165, 1.54) is 0 Å². The lowest BCUT2D eigenvalue weighted by Crippen LogP contribution is -2.21. The van der Waals surface area contributed by atoms with Gasteiger partial charge in [0.1, 0.15) is 11.6 Å². The first-order valence-corrected chi connectivity index (χ1v) is 7.25. The van der Waals surface area contributed by atoms with Crippen LogP contribution in [0.25, 0.3) is 16.6 Å². The summed E-state index contributed by atoms with van der Waals surface area (Å²) in [7, 11) is 0. The predicted molar refractivity (Wildman–Crippen MR) is 85.0 cm³/mol. The summed E-state index contributed by atoms with van der Waals surface area (Å²) in [5, 5.41) is 0.176. The molecule has 0 fully saturated rings. The number of aromatic nitrogens is 2. The van der Waals surface area contributed by atoms with E-state index in [-0.39, 0.29) is 11.0 Å². The van der Waals surface area contributed by atoms with Crippen LogP contribution >= 0.6 is 34.2 Å². The van der Waals surface area contributed by atoms with Gasteiger partial charge in [0.25, 0.3) is 5.56 Å². The lowest BCUT2D eigenvalue weighted by Gasteiger charge is -2.10. The van der Waals surface area contributed by atoms with Crippen LogP contribution in [-0.2, 0) is 0 Å². The van der Waals surface area contributed by atoms with Crippen molar-refractivity contribution in [2.24, 2.45) is 0 Å². The molecule has 0 spiro atoms. The van der Waals surface area contributed by atoms with Gasteiger partial charge in [-0.15, -0.1) is 0 Å². The van der Waals surface area contributed by atoms with E-state index in [0.29, 0.717) is 10.9 Å². The molecule has 0 saturated heterocycles. The summed E-state index contributed by atoms with van der Waals surface area (Å²) in [6.45, 7) is 0. The molecular formula is C14H6ClF2IN2O. The molecule has 2 aromatic carbocycles. The van der Waals surface area contributed by atoms with Gasteiger partial charge in [0.05, 0.1) is 16.6 Å². The zero-order chi connectivity index (χ0) is 15.1. The summed E-state index contributed by atoms with van der Waals surface area (Å²) in [4.78, 5) is 16.6. The van der Waals surface area contributed by atoms with E-state index in [2.05, 4.69) is 27.6 Å². The van der Waals surface area contributed by atoms with Crippen molar-refractivity contribution in [3.8, 4) is 5.69 Å². The van der Waals surface area contributed by atoms with Gasteiger partial charge in [0, 0.05) is 9.64 Å². The second-order valence-electron chi connectivity index (χ2n) is 4.31. The molecule has 0 saturated carbocycles. The Morgan fingerprint density at radius 2 is 1.76 bits per heavy atom. The lowest BCUT2D eigenvalue weighted by atomic mass is 10.2. The van der Waals surface area contributed by atoms with Crippen molar-refractivity contribution in [2.75, 3.05) is 0 Å². The van der Waals surface area contributed by atoms with Crippen LogP contribution in [0.4, 0.5) is 8.78 Å². The summed E-state index contributed by atoms with van der Waals surface area (Å²) in [5.74, 6) is -1.59. The van der Waals surface area contributed by atoms with Crippen LogP contribution < -0.4 is 5.56 Å². The van der Waals surface area contributed by atoms with Gasteiger partial charge in [0.2, 0.25) is 5.28 Å². The molecule has 0 aliphatic rings. The van der Waals surface area contributed by atoms with Gasteiger partial charge < -0.3 is 0 Å². The highest BCUT2D eigenvalue weighted by molar-refractivity contribution is 14.1. The summed E-state index contributed by atoms with van der Waals surface area (Å²) in [6, 6.07) is 7.88. The number of benzene rings is 2. The number of rotatable bonds is 1. The molecule has 3 nitrogen and oxygen atoms in total. The summed E-state index contributed by atoms with van der Waals surface area (Å²) < 4.78 is 28.5. The molecule has 0 bridgehead atoms. The van der Waals surface area contributed by atoms with Gasteiger partial charge in [0.15, 0.2) is 0 Å². The van der Waals surface area contributed by atoms with Crippen LogP contribution in [0.15, 0.2) is 41.2 Å². The SMILES string of the molecule is O=c1c2cc(I)ccc2nc(Cl)n1-c1cc(F)cc(F)c1. The first kappa shape index (κ1) is 14.4. The highest BCUT2D eigenvalue weighted by atomic mass is 127. The molecule has 3 rings (SSSR count). The Bertz CT molecular complexity index is 906. The summed E-state index contributed by atoms with van der Waals surface area (Å²) in [5.41, 5.74) is -0.0529. The molecule has 0 radical (unpaired) electrons. The summed E-state index contributed by atoms with van der Waals surface area (Å²) in [6.07, 6.45) is 0. The third kappa shape index (κ3) is 2.65. The maximum absolute atomic E-state index is 13.3. The second-order valence-corrected chi connectivity index (χ2v) is 5.89. The number of hydrogen-bond acceptors (Lipinski definition) is 2. The average molecular weight is 419 g/mol. The highest BCUT2D eigenvalue weighted by Crippen LogP contribution is 2.19. The lowest BCUT2D eigenvalue weighted by molar-refractivity contribution is 0.581. The second kappa shape index (κ2) is 5.34. The first-order valence-electron chi connectivity index (χ1n) is 5.80. The number of hydrogen-bond donors (Lipinski definition) is 0. The van der Waals surface area contributed by atoms with E-state index in [9.17, 15) is 13.6 Å². The fraction of sp³-hybridized carbons (Fsp3) is 0. The normalized spacial score (nSPS) is 11.0. The fourth-order valence-corrected chi connectivity index (χ4v) is 2.78. The van der Waals surface area contributed by atoms with E-state index in [4.69, 9.17) is 11.6 Å². The van der Waals surface area contributed by atoms with Gasteiger partial charge in [-0.3, -0.25) is 9.36 Å². The van der Waals surface area contributed by atoms with Gasteiger partial charge in [-0.05, 0) is 64.5 Å². The summed E-state index contributed by atoms with van der Waals surface area (Å²) >= 11 is 8.05. The molecular weight excluding hydrogens is 413 g/mol. The molecule has 106 valence electrons. The Kier molecular flexibility index (Phi) is 3.66. The van der Waals surface area contributed by atoms with Crippen LogP contribution in [-0.4, -0.2) is 9.55 Å². The van der Waals surface area contributed by atoms with Gasteiger partial charge in [-0.1, -0.05) is 0 Å². The van der Waals surface area contributed by atoms with E-state index in [0.717, 1.165) is 26.3 Å². The maximum Gasteiger partial charge on any atom is 0.266 e. The fourth-order valence-electron chi connectivity index (χ4n) is 2.02. The largest absolute Gasteiger partial charge is 0.268 e. The van der Waals surface area contributed by atoms with E-state index < -0.39 is 17.2 Å². The minimum atomic E-state index is -0.796. The molecule has 21 heavy (non-hydrogen) atoms. The monoisotopic (exact) mass is 418 g/mol. The molecule has 7 heteroatoms.